The van der Waals surface area contributed by atoms with E-state index in [1.54, 1.807) is 30.3 Å². The SMILES string of the molecule is N#Cc1ccc(OCC(=O)Nc2cccc(N)c2)cc1F. The van der Waals surface area contributed by atoms with Gasteiger partial charge in [0.25, 0.3) is 5.91 Å². The molecule has 0 atom stereocenters. The number of amides is 1. The Kier molecular flexibility index (Phi) is 4.36. The summed E-state index contributed by atoms with van der Waals surface area (Å²) < 4.78 is 18.5. The van der Waals surface area contributed by atoms with Gasteiger partial charge < -0.3 is 15.8 Å². The zero-order valence-electron chi connectivity index (χ0n) is 11.0. The number of ether oxygens (including phenoxy) is 1. The number of carbonyl (C=O) groups is 1. The molecule has 3 N–H and O–H groups in total. The van der Waals surface area contributed by atoms with E-state index >= 15 is 0 Å². The fraction of sp³-hybridized carbons (Fsp3) is 0.0667. The molecule has 0 aliphatic heterocycles. The molecule has 106 valence electrons. The molecule has 2 rings (SSSR count). The fourth-order valence-electron chi connectivity index (χ4n) is 1.64. The van der Waals surface area contributed by atoms with Crippen molar-refractivity contribution in [3.63, 3.8) is 0 Å². The Bertz CT molecular complexity index is 710. The molecule has 0 aromatic heterocycles. The number of halogens is 1. The molecule has 0 unspecified atom stereocenters. The third-order valence-corrected chi connectivity index (χ3v) is 2.60. The summed E-state index contributed by atoms with van der Waals surface area (Å²) in [6.45, 7) is -0.278. The van der Waals surface area contributed by atoms with Crippen LogP contribution >= 0.6 is 0 Å². The van der Waals surface area contributed by atoms with Gasteiger partial charge in [0.2, 0.25) is 0 Å². The van der Waals surface area contributed by atoms with E-state index < -0.39 is 11.7 Å². The molecule has 0 aliphatic rings. The Morgan fingerprint density at radius 2 is 2.14 bits per heavy atom. The lowest BCUT2D eigenvalue weighted by Gasteiger charge is -2.08. The lowest BCUT2D eigenvalue weighted by molar-refractivity contribution is -0.118. The summed E-state index contributed by atoms with van der Waals surface area (Å²) in [6.07, 6.45) is 0. The smallest absolute Gasteiger partial charge is 0.262 e. The number of hydrogen-bond acceptors (Lipinski definition) is 4. The quantitative estimate of drug-likeness (QED) is 0.844. The average Bonchev–Trinajstić information content (AvgIpc) is 2.45. The molecule has 21 heavy (non-hydrogen) atoms. The third-order valence-electron chi connectivity index (χ3n) is 2.60. The van der Waals surface area contributed by atoms with Gasteiger partial charge in [0, 0.05) is 17.4 Å². The van der Waals surface area contributed by atoms with Gasteiger partial charge in [-0.05, 0) is 30.3 Å². The van der Waals surface area contributed by atoms with Crippen LogP contribution in [0.2, 0.25) is 0 Å². The van der Waals surface area contributed by atoms with Gasteiger partial charge in [0.05, 0.1) is 5.56 Å². The largest absolute Gasteiger partial charge is 0.484 e. The van der Waals surface area contributed by atoms with Crippen LogP contribution in [0.5, 0.6) is 5.75 Å². The number of nitrogens with zero attached hydrogens (tertiary/aromatic N) is 1. The molecule has 0 radical (unpaired) electrons. The topological polar surface area (TPSA) is 88.1 Å². The van der Waals surface area contributed by atoms with E-state index in [4.69, 9.17) is 15.7 Å². The zero-order chi connectivity index (χ0) is 15.2. The Morgan fingerprint density at radius 3 is 2.81 bits per heavy atom. The number of hydrogen-bond donors (Lipinski definition) is 2. The first kappa shape index (κ1) is 14.3. The van der Waals surface area contributed by atoms with Crippen molar-refractivity contribution in [1.82, 2.24) is 0 Å². The number of nitrogens with one attached hydrogen (secondary N) is 1. The van der Waals surface area contributed by atoms with Gasteiger partial charge in [-0.2, -0.15) is 5.26 Å². The van der Waals surface area contributed by atoms with Gasteiger partial charge in [-0.15, -0.1) is 0 Å². The van der Waals surface area contributed by atoms with Crippen LogP contribution in [0.25, 0.3) is 0 Å². The second-order valence-corrected chi connectivity index (χ2v) is 4.22. The molecule has 2 aromatic rings. The van der Waals surface area contributed by atoms with Crippen LogP contribution in [0.1, 0.15) is 5.56 Å². The minimum absolute atomic E-state index is 0.0773. The van der Waals surface area contributed by atoms with Gasteiger partial charge in [0.1, 0.15) is 17.6 Å². The number of benzene rings is 2. The van der Waals surface area contributed by atoms with Crippen molar-refractivity contribution in [3.05, 3.63) is 53.8 Å². The van der Waals surface area contributed by atoms with Gasteiger partial charge >= 0.3 is 0 Å². The standard InChI is InChI=1S/C15H12FN3O2/c16-14-7-13(5-4-10(14)8-17)21-9-15(20)19-12-3-1-2-11(18)6-12/h1-7H,9,18H2,(H,19,20). The van der Waals surface area contributed by atoms with E-state index in [0.717, 1.165) is 6.07 Å². The molecule has 1 amide bonds. The highest BCUT2D eigenvalue weighted by Crippen LogP contribution is 2.16. The normalized spacial score (nSPS) is 9.71. The summed E-state index contributed by atoms with van der Waals surface area (Å²) in [6, 6.07) is 12.2. The number of anilines is 2. The van der Waals surface area contributed by atoms with Crippen LogP contribution in [-0.4, -0.2) is 12.5 Å². The predicted octanol–water partition coefficient (Wildman–Crippen LogP) is 2.30. The molecular formula is C15H12FN3O2. The maximum Gasteiger partial charge on any atom is 0.262 e. The lowest BCUT2D eigenvalue weighted by Crippen LogP contribution is -2.20. The van der Waals surface area contributed by atoms with E-state index in [0.29, 0.717) is 11.4 Å². The summed E-state index contributed by atoms with van der Waals surface area (Å²) in [5.74, 6) is -0.911. The molecule has 5 nitrogen and oxygen atoms in total. The molecule has 0 aliphatic carbocycles. The molecule has 0 heterocycles. The van der Waals surface area contributed by atoms with Crippen molar-refractivity contribution in [1.29, 1.82) is 5.26 Å². The van der Waals surface area contributed by atoms with Crippen molar-refractivity contribution in [2.75, 3.05) is 17.7 Å². The number of rotatable bonds is 4. The first-order valence-corrected chi connectivity index (χ1v) is 6.06. The lowest BCUT2D eigenvalue weighted by atomic mass is 10.2. The summed E-state index contributed by atoms with van der Waals surface area (Å²) in [7, 11) is 0. The highest BCUT2D eigenvalue weighted by molar-refractivity contribution is 5.92. The molecule has 6 heteroatoms. The van der Waals surface area contributed by atoms with E-state index in [1.165, 1.54) is 12.1 Å². The first-order valence-electron chi connectivity index (χ1n) is 6.06. The van der Waals surface area contributed by atoms with Crippen LogP contribution in [-0.2, 0) is 4.79 Å². The van der Waals surface area contributed by atoms with Crippen molar-refractivity contribution >= 4 is 17.3 Å². The minimum atomic E-state index is -0.689. The maximum absolute atomic E-state index is 13.3. The van der Waals surface area contributed by atoms with Crippen molar-refractivity contribution in [2.24, 2.45) is 0 Å². The summed E-state index contributed by atoms with van der Waals surface area (Å²) >= 11 is 0. The Labute approximate surface area is 120 Å². The van der Waals surface area contributed by atoms with Gasteiger partial charge in [-0.1, -0.05) is 6.07 Å². The Balaban J connectivity index is 1.92. The molecule has 0 bridgehead atoms. The molecule has 0 saturated heterocycles. The zero-order valence-corrected chi connectivity index (χ0v) is 11.0. The van der Waals surface area contributed by atoms with Gasteiger partial charge in [0.15, 0.2) is 6.61 Å². The van der Waals surface area contributed by atoms with Gasteiger partial charge in [-0.3, -0.25) is 4.79 Å². The van der Waals surface area contributed by atoms with E-state index in [-0.39, 0.29) is 17.9 Å². The molecule has 0 fully saturated rings. The number of nitrogen functional groups attached to an aromatic ring is 1. The second-order valence-electron chi connectivity index (χ2n) is 4.22. The fourth-order valence-corrected chi connectivity index (χ4v) is 1.64. The summed E-state index contributed by atoms with van der Waals surface area (Å²) in [5, 5.41) is 11.2. The van der Waals surface area contributed by atoms with Crippen molar-refractivity contribution < 1.29 is 13.9 Å². The third kappa shape index (κ3) is 3.94. The number of nitrogens with two attached hydrogens (primary N) is 1. The van der Waals surface area contributed by atoms with Crippen molar-refractivity contribution in [3.8, 4) is 11.8 Å². The van der Waals surface area contributed by atoms with Crippen LogP contribution in [0.3, 0.4) is 0 Å². The molecule has 0 saturated carbocycles. The van der Waals surface area contributed by atoms with Crippen LogP contribution < -0.4 is 15.8 Å². The highest BCUT2D eigenvalue weighted by atomic mass is 19.1. The predicted molar refractivity (Wildman–Crippen MR) is 76.1 cm³/mol. The monoisotopic (exact) mass is 285 g/mol. The number of nitriles is 1. The summed E-state index contributed by atoms with van der Waals surface area (Å²) in [4.78, 5) is 11.7. The second kappa shape index (κ2) is 6.39. The van der Waals surface area contributed by atoms with Crippen LogP contribution in [0, 0.1) is 17.1 Å². The summed E-state index contributed by atoms with van der Waals surface area (Å²) in [5.41, 5.74) is 6.60. The first-order chi connectivity index (χ1) is 10.1. The Morgan fingerprint density at radius 1 is 1.33 bits per heavy atom. The van der Waals surface area contributed by atoms with E-state index in [1.807, 2.05) is 0 Å². The van der Waals surface area contributed by atoms with Crippen molar-refractivity contribution in [2.45, 2.75) is 0 Å². The number of carbonyl (C=O) groups excluding carboxylic acids is 1. The molecular weight excluding hydrogens is 273 g/mol. The molecule has 2 aromatic carbocycles. The van der Waals surface area contributed by atoms with E-state index in [2.05, 4.69) is 5.32 Å². The van der Waals surface area contributed by atoms with Crippen LogP contribution in [0.15, 0.2) is 42.5 Å². The highest BCUT2D eigenvalue weighted by Gasteiger charge is 2.07. The van der Waals surface area contributed by atoms with Gasteiger partial charge in [-0.25, -0.2) is 4.39 Å². The van der Waals surface area contributed by atoms with E-state index in [9.17, 15) is 9.18 Å². The molecule has 0 spiro atoms. The van der Waals surface area contributed by atoms with Crippen LogP contribution in [0.4, 0.5) is 15.8 Å². The minimum Gasteiger partial charge on any atom is -0.484 e. The maximum atomic E-state index is 13.3. The Hall–Kier alpha value is -3.07. The average molecular weight is 285 g/mol.